The van der Waals surface area contributed by atoms with Gasteiger partial charge in [0.1, 0.15) is 0 Å². The molecule has 0 aliphatic rings. The van der Waals surface area contributed by atoms with Crippen LogP contribution in [0, 0.1) is 12.8 Å². The highest BCUT2D eigenvalue weighted by molar-refractivity contribution is 7.09. The molecular weight excluding hydrogens is 204 g/mol. The highest BCUT2D eigenvalue weighted by Gasteiger charge is 2.17. The van der Waals surface area contributed by atoms with E-state index in [2.05, 4.69) is 38.0 Å². The summed E-state index contributed by atoms with van der Waals surface area (Å²) in [6.45, 7) is 9.87. The van der Waals surface area contributed by atoms with Crippen LogP contribution in [0.3, 0.4) is 0 Å². The summed E-state index contributed by atoms with van der Waals surface area (Å²) in [5.74, 6) is 0.774. The summed E-state index contributed by atoms with van der Waals surface area (Å²) >= 11 is 1.78. The first-order chi connectivity index (χ1) is 7.19. The van der Waals surface area contributed by atoms with Gasteiger partial charge in [0.25, 0.3) is 0 Å². The Morgan fingerprint density at radius 2 is 2.20 bits per heavy atom. The highest BCUT2D eigenvalue weighted by Crippen LogP contribution is 2.28. The van der Waals surface area contributed by atoms with Crippen molar-refractivity contribution >= 4 is 11.3 Å². The molecule has 0 aromatic carbocycles. The first-order valence-electron chi connectivity index (χ1n) is 5.82. The Hall–Kier alpha value is -0.410. The second-order valence-corrected chi connectivity index (χ2v) is 5.05. The molecule has 3 heteroatoms. The molecule has 0 spiro atoms. The van der Waals surface area contributed by atoms with E-state index in [0.717, 1.165) is 12.5 Å². The van der Waals surface area contributed by atoms with Crippen molar-refractivity contribution in [3.63, 3.8) is 0 Å². The molecule has 2 unspecified atom stereocenters. The molecule has 1 aromatic heterocycles. The van der Waals surface area contributed by atoms with Gasteiger partial charge in [0.05, 0.1) is 11.2 Å². The molecule has 1 aromatic rings. The Morgan fingerprint density at radius 3 is 2.67 bits per heavy atom. The van der Waals surface area contributed by atoms with E-state index in [1.165, 1.54) is 23.4 Å². The summed E-state index contributed by atoms with van der Waals surface area (Å²) in [6, 6.07) is 0.498. The molecule has 2 nitrogen and oxygen atoms in total. The Balaban J connectivity index is 2.69. The standard InChI is InChI=1S/C12H22N2S/c1-5-9(3)7-11(13-6-2)12-10(4)14-8-15-12/h8-9,11,13H,5-7H2,1-4H3. The van der Waals surface area contributed by atoms with Crippen LogP contribution in [-0.2, 0) is 0 Å². The Morgan fingerprint density at radius 1 is 1.47 bits per heavy atom. The van der Waals surface area contributed by atoms with Crippen molar-refractivity contribution in [1.82, 2.24) is 10.3 Å². The van der Waals surface area contributed by atoms with E-state index >= 15 is 0 Å². The first kappa shape index (κ1) is 12.7. The Bertz CT molecular complexity index is 283. The molecule has 1 N–H and O–H groups in total. The van der Waals surface area contributed by atoms with Gasteiger partial charge in [0.2, 0.25) is 0 Å². The van der Waals surface area contributed by atoms with Gasteiger partial charge < -0.3 is 5.32 Å². The van der Waals surface area contributed by atoms with Crippen LogP contribution in [-0.4, -0.2) is 11.5 Å². The molecular formula is C12H22N2S. The minimum Gasteiger partial charge on any atom is -0.309 e. The smallest absolute Gasteiger partial charge is 0.0798 e. The lowest BCUT2D eigenvalue weighted by molar-refractivity contribution is 0.411. The number of thiazole rings is 1. The van der Waals surface area contributed by atoms with Crippen molar-refractivity contribution in [2.45, 2.75) is 46.6 Å². The maximum atomic E-state index is 4.33. The van der Waals surface area contributed by atoms with Crippen LogP contribution in [0.2, 0.25) is 0 Å². The second kappa shape index (κ2) is 6.23. The normalized spacial score (nSPS) is 15.2. The van der Waals surface area contributed by atoms with Gasteiger partial charge in [-0.2, -0.15) is 0 Å². The Kier molecular flexibility index (Phi) is 5.26. The molecule has 86 valence electrons. The zero-order valence-electron chi connectivity index (χ0n) is 10.2. The van der Waals surface area contributed by atoms with Gasteiger partial charge >= 0.3 is 0 Å². The number of aryl methyl sites for hydroxylation is 1. The van der Waals surface area contributed by atoms with E-state index in [4.69, 9.17) is 0 Å². The predicted octanol–water partition coefficient (Wildman–Crippen LogP) is 3.54. The van der Waals surface area contributed by atoms with Crippen LogP contribution in [0.1, 0.15) is 50.2 Å². The van der Waals surface area contributed by atoms with E-state index in [1.807, 2.05) is 5.51 Å². The van der Waals surface area contributed by atoms with Crippen LogP contribution >= 0.6 is 11.3 Å². The molecule has 0 amide bonds. The third-order valence-corrected chi connectivity index (χ3v) is 3.93. The van der Waals surface area contributed by atoms with Crippen molar-refractivity contribution in [2.24, 2.45) is 5.92 Å². The monoisotopic (exact) mass is 226 g/mol. The van der Waals surface area contributed by atoms with Gasteiger partial charge in [0.15, 0.2) is 0 Å². The van der Waals surface area contributed by atoms with Crippen molar-refractivity contribution in [1.29, 1.82) is 0 Å². The van der Waals surface area contributed by atoms with Crippen molar-refractivity contribution in [3.8, 4) is 0 Å². The topological polar surface area (TPSA) is 24.9 Å². The highest BCUT2D eigenvalue weighted by atomic mass is 32.1. The summed E-state index contributed by atoms with van der Waals surface area (Å²) in [4.78, 5) is 5.75. The van der Waals surface area contributed by atoms with Gasteiger partial charge in [-0.15, -0.1) is 11.3 Å². The van der Waals surface area contributed by atoms with Crippen LogP contribution in [0.5, 0.6) is 0 Å². The number of aromatic nitrogens is 1. The molecule has 0 radical (unpaired) electrons. The SMILES string of the molecule is CCNC(CC(C)CC)c1scnc1C. The summed E-state index contributed by atoms with van der Waals surface area (Å²) in [7, 11) is 0. The first-order valence-corrected chi connectivity index (χ1v) is 6.70. The number of hydrogen-bond acceptors (Lipinski definition) is 3. The number of nitrogens with one attached hydrogen (secondary N) is 1. The molecule has 0 fully saturated rings. The van der Waals surface area contributed by atoms with Gasteiger partial charge in [-0.25, -0.2) is 4.98 Å². The molecule has 0 bridgehead atoms. The minimum absolute atomic E-state index is 0.498. The van der Waals surface area contributed by atoms with Gasteiger partial charge in [-0.05, 0) is 25.8 Å². The van der Waals surface area contributed by atoms with E-state index in [1.54, 1.807) is 11.3 Å². The van der Waals surface area contributed by atoms with Crippen LogP contribution in [0.25, 0.3) is 0 Å². The fourth-order valence-electron chi connectivity index (χ4n) is 1.74. The summed E-state index contributed by atoms with van der Waals surface area (Å²) in [5.41, 5.74) is 3.14. The fourth-order valence-corrected chi connectivity index (χ4v) is 2.64. The maximum absolute atomic E-state index is 4.33. The lowest BCUT2D eigenvalue weighted by atomic mass is 9.98. The predicted molar refractivity (Wildman–Crippen MR) is 67.3 cm³/mol. The molecule has 0 aliphatic heterocycles. The lowest BCUT2D eigenvalue weighted by Crippen LogP contribution is -2.22. The van der Waals surface area contributed by atoms with E-state index in [0.29, 0.717) is 6.04 Å². The van der Waals surface area contributed by atoms with E-state index in [-0.39, 0.29) is 0 Å². The Labute approximate surface area is 97.1 Å². The van der Waals surface area contributed by atoms with Gasteiger partial charge in [-0.3, -0.25) is 0 Å². The molecule has 2 atom stereocenters. The van der Waals surface area contributed by atoms with E-state index < -0.39 is 0 Å². The molecule has 15 heavy (non-hydrogen) atoms. The second-order valence-electron chi connectivity index (χ2n) is 4.16. The van der Waals surface area contributed by atoms with E-state index in [9.17, 15) is 0 Å². The summed E-state index contributed by atoms with van der Waals surface area (Å²) in [6.07, 6.45) is 2.47. The van der Waals surface area contributed by atoms with Crippen molar-refractivity contribution in [2.75, 3.05) is 6.54 Å². The largest absolute Gasteiger partial charge is 0.309 e. The molecule has 1 heterocycles. The molecule has 0 aliphatic carbocycles. The van der Waals surface area contributed by atoms with Crippen LogP contribution in [0.4, 0.5) is 0 Å². The zero-order valence-corrected chi connectivity index (χ0v) is 11.0. The van der Waals surface area contributed by atoms with Gasteiger partial charge in [0, 0.05) is 10.9 Å². The summed E-state index contributed by atoms with van der Waals surface area (Å²) < 4.78 is 0. The van der Waals surface area contributed by atoms with Crippen molar-refractivity contribution < 1.29 is 0 Å². The molecule has 0 saturated heterocycles. The number of rotatable bonds is 6. The van der Waals surface area contributed by atoms with Crippen LogP contribution < -0.4 is 5.32 Å². The van der Waals surface area contributed by atoms with Crippen LogP contribution in [0.15, 0.2) is 5.51 Å². The van der Waals surface area contributed by atoms with Gasteiger partial charge in [-0.1, -0.05) is 27.2 Å². The molecule has 0 saturated carbocycles. The zero-order chi connectivity index (χ0) is 11.3. The fraction of sp³-hybridized carbons (Fsp3) is 0.750. The average molecular weight is 226 g/mol. The number of nitrogens with zero attached hydrogens (tertiary/aromatic N) is 1. The molecule has 1 rings (SSSR count). The summed E-state index contributed by atoms with van der Waals surface area (Å²) in [5, 5.41) is 3.56. The minimum atomic E-state index is 0.498. The average Bonchev–Trinajstić information content (AvgIpc) is 2.63. The lowest BCUT2D eigenvalue weighted by Gasteiger charge is -2.20. The van der Waals surface area contributed by atoms with Crippen molar-refractivity contribution in [3.05, 3.63) is 16.1 Å². The maximum Gasteiger partial charge on any atom is 0.0798 e. The quantitative estimate of drug-likeness (QED) is 0.802. The number of hydrogen-bond donors (Lipinski definition) is 1. The third-order valence-electron chi connectivity index (χ3n) is 2.88. The third kappa shape index (κ3) is 3.58.